The molecule has 0 bridgehead atoms. The van der Waals surface area contributed by atoms with E-state index in [1.165, 1.54) is 0 Å². The Kier molecular flexibility index (Phi) is 4.98. The number of nitrogens with one attached hydrogen (secondary N) is 1. The van der Waals surface area contributed by atoms with Gasteiger partial charge < -0.3 is 14.8 Å². The topological polar surface area (TPSA) is 60.7 Å². The van der Waals surface area contributed by atoms with Crippen LogP contribution in [0.2, 0.25) is 0 Å². The Bertz CT molecular complexity index is 1030. The normalized spacial score (nSPS) is 14.3. The maximum atomic E-state index is 5.71. The third-order valence-electron chi connectivity index (χ3n) is 5.42. The van der Waals surface area contributed by atoms with E-state index in [4.69, 9.17) is 19.6 Å². The summed E-state index contributed by atoms with van der Waals surface area (Å²) in [7, 11) is 1.69. The SMILES string of the molecule is CCCC(C)Nc1c2c(nc3c(-c4ccc(OC)cc4C)c(C)nn13)COC2. The van der Waals surface area contributed by atoms with Gasteiger partial charge in [-0.2, -0.15) is 9.61 Å². The van der Waals surface area contributed by atoms with E-state index in [2.05, 4.69) is 45.1 Å². The molecule has 1 atom stereocenters. The second-order valence-electron chi connectivity index (χ2n) is 7.59. The largest absolute Gasteiger partial charge is 0.497 e. The standard InChI is InChI=1S/C22H28N4O2/c1-6-7-14(3)23-21-18-11-28-12-19(18)24-22-20(15(4)25-26(21)22)17-9-8-16(27-5)10-13(17)2/h8-10,14,23H,6-7,11-12H2,1-5H3. The van der Waals surface area contributed by atoms with Crippen LogP contribution in [-0.4, -0.2) is 27.7 Å². The zero-order valence-electron chi connectivity index (χ0n) is 17.3. The van der Waals surface area contributed by atoms with Crippen molar-refractivity contribution in [1.82, 2.24) is 14.6 Å². The molecule has 0 saturated carbocycles. The van der Waals surface area contributed by atoms with Crippen LogP contribution in [0.3, 0.4) is 0 Å². The fourth-order valence-electron chi connectivity index (χ4n) is 4.00. The number of anilines is 1. The van der Waals surface area contributed by atoms with Crippen molar-refractivity contribution >= 4 is 11.5 Å². The lowest BCUT2D eigenvalue weighted by atomic mass is 10.0. The molecule has 3 heterocycles. The third kappa shape index (κ3) is 3.11. The van der Waals surface area contributed by atoms with Gasteiger partial charge in [-0.05, 0) is 50.5 Å². The Labute approximate surface area is 165 Å². The first-order valence-corrected chi connectivity index (χ1v) is 9.93. The maximum Gasteiger partial charge on any atom is 0.165 e. The molecule has 6 heteroatoms. The summed E-state index contributed by atoms with van der Waals surface area (Å²) in [6.07, 6.45) is 2.24. The molecule has 4 rings (SSSR count). The van der Waals surface area contributed by atoms with Crippen LogP contribution in [0, 0.1) is 13.8 Å². The van der Waals surface area contributed by atoms with Crippen LogP contribution in [0.4, 0.5) is 5.82 Å². The van der Waals surface area contributed by atoms with Crippen molar-refractivity contribution in [2.24, 2.45) is 0 Å². The lowest BCUT2D eigenvalue weighted by molar-refractivity contribution is 0.133. The number of methoxy groups -OCH3 is 1. The Morgan fingerprint density at radius 3 is 2.82 bits per heavy atom. The molecule has 148 valence electrons. The molecule has 1 aliphatic rings. The number of aryl methyl sites for hydroxylation is 2. The minimum atomic E-state index is 0.357. The highest BCUT2D eigenvalue weighted by Crippen LogP contribution is 2.36. The monoisotopic (exact) mass is 380 g/mol. The summed E-state index contributed by atoms with van der Waals surface area (Å²) >= 11 is 0. The highest BCUT2D eigenvalue weighted by atomic mass is 16.5. The minimum absolute atomic E-state index is 0.357. The van der Waals surface area contributed by atoms with E-state index in [0.29, 0.717) is 19.3 Å². The third-order valence-corrected chi connectivity index (χ3v) is 5.42. The summed E-state index contributed by atoms with van der Waals surface area (Å²) in [5.41, 5.74) is 7.32. The van der Waals surface area contributed by atoms with E-state index in [-0.39, 0.29) is 0 Å². The second kappa shape index (κ2) is 7.43. The molecule has 1 N–H and O–H groups in total. The molecule has 28 heavy (non-hydrogen) atoms. The van der Waals surface area contributed by atoms with Crippen LogP contribution in [0.5, 0.6) is 5.75 Å². The molecular weight excluding hydrogens is 352 g/mol. The first-order chi connectivity index (χ1) is 13.5. The highest BCUT2D eigenvalue weighted by molar-refractivity contribution is 5.83. The van der Waals surface area contributed by atoms with Gasteiger partial charge in [0.1, 0.15) is 11.6 Å². The zero-order valence-corrected chi connectivity index (χ0v) is 17.3. The van der Waals surface area contributed by atoms with Gasteiger partial charge in [-0.15, -0.1) is 0 Å². The van der Waals surface area contributed by atoms with Crippen molar-refractivity contribution in [3.8, 4) is 16.9 Å². The van der Waals surface area contributed by atoms with Crippen molar-refractivity contribution in [2.45, 2.75) is 59.8 Å². The molecule has 0 amide bonds. The van der Waals surface area contributed by atoms with Gasteiger partial charge in [0.2, 0.25) is 0 Å². The second-order valence-corrected chi connectivity index (χ2v) is 7.59. The molecule has 1 aliphatic heterocycles. The van der Waals surface area contributed by atoms with E-state index in [1.54, 1.807) is 7.11 Å². The van der Waals surface area contributed by atoms with Crippen molar-refractivity contribution < 1.29 is 9.47 Å². The summed E-state index contributed by atoms with van der Waals surface area (Å²) in [5.74, 6) is 1.87. The molecular formula is C22H28N4O2. The van der Waals surface area contributed by atoms with E-state index < -0.39 is 0 Å². The summed E-state index contributed by atoms with van der Waals surface area (Å²) < 4.78 is 13.0. The number of aromatic nitrogens is 3. The minimum Gasteiger partial charge on any atom is -0.497 e. The molecule has 6 nitrogen and oxygen atoms in total. The van der Waals surface area contributed by atoms with Gasteiger partial charge in [0.15, 0.2) is 5.65 Å². The molecule has 1 unspecified atom stereocenters. The summed E-state index contributed by atoms with van der Waals surface area (Å²) in [6.45, 7) is 9.69. The molecule has 0 saturated heterocycles. The van der Waals surface area contributed by atoms with Crippen LogP contribution in [-0.2, 0) is 18.0 Å². The van der Waals surface area contributed by atoms with E-state index in [0.717, 1.165) is 63.7 Å². The van der Waals surface area contributed by atoms with Crippen molar-refractivity contribution in [3.63, 3.8) is 0 Å². The number of hydrogen-bond acceptors (Lipinski definition) is 5. The van der Waals surface area contributed by atoms with Crippen LogP contribution < -0.4 is 10.1 Å². The smallest absolute Gasteiger partial charge is 0.165 e. The predicted molar refractivity (Wildman–Crippen MR) is 111 cm³/mol. The highest BCUT2D eigenvalue weighted by Gasteiger charge is 2.25. The van der Waals surface area contributed by atoms with Gasteiger partial charge in [0.25, 0.3) is 0 Å². The molecule has 0 radical (unpaired) electrons. The van der Waals surface area contributed by atoms with Crippen molar-refractivity contribution in [1.29, 1.82) is 0 Å². The quantitative estimate of drug-likeness (QED) is 0.674. The Balaban J connectivity index is 1.92. The summed E-state index contributed by atoms with van der Waals surface area (Å²) in [4.78, 5) is 4.95. The average Bonchev–Trinajstić information content (AvgIpc) is 3.26. The number of fused-ring (bicyclic) bond motifs is 2. The molecule has 0 fully saturated rings. The van der Waals surface area contributed by atoms with E-state index in [9.17, 15) is 0 Å². The van der Waals surface area contributed by atoms with Gasteiger partial charge in [0.05, 0.1) is 31.7 Å². The van der Waals surface area contributed by atoms with Gasteiger partial charge in [0, 0.05) is 17.2 Å². The van der Waals surface area contributed by atoms with Crippen molar-refractivity contribution in [2.75, 3.05) is 12.4 Å². The first-order valence-electron chi connectivity index (χ1n) is 9.93. The molecule has 2 aromatic heterocycles. The predicted octanol–water partition coefficient (Wildman–Crippen LogP) is 4.65. The zero-order chi connectivity index (χ0) is 19.8. The Morgan fingerprint density at radius 2 is 2.11 bits per heavy atom. The van der Waals surface area contributed by atoms with E-state index in [1.807, 2.05) is 10.6 Å². The number of hydrogen-bond donors (Lipinski definition) is 1. The number of nitrogens with zero attached hydrogens (tertiary/aromatic N) is 3. The summed E-state index contributed by atoms with van der Waals surface area (Å²) in [5, 5.41) is 8.54. The first kappa shape index (κ1) is 18.7. The van der Waals surface area contributed by atoms with E-state index >= 15 is 0 Å². The Morgan fingerprint density at radius 1 is 1.29 bits per heavy atom. The fraction of sp³-hybridized carbons (Fsp3) is 0.455. The van der Waals surface area contributed by atoms with Crippen LogP contribution >= 0.6 is 0 Å². The lowest BCUT2D eigenvalue weighted by Crippen LogP contribution is -2.19. The molecule has 1 aromatic carbocycles. The number of rotatable bonds is 6. The van der Waals surface area contributed by atoms with Crippen LogP contribution in [0.25, 0.3) is 16.8 Å². The van der Waals surface area contributed by atoms with Crippen LogP contribution in [0.1, 0.15) is 49.2 Å². The maximum absolute atomic E-state index is 5.71. The number of benzene rings is 1. The van der Waals surface area contributed by atoms with Gasteiger partial charge in [-0.25, -0.2) is 4.98 Å². The number of ether oxygens (including phenoxy) is 2. The molecule has 0 aliphatic carbocycles. The lowest BCUT2D eigenvalue weighted by Gasteiger charge is -2.18. The van der Waals surface area contributed by atoms with Crippen molar-refractivity contribution in [3.05, 3.63) is 40.7 Å². The van der Waals surface area contributed by atoms with Gasteiger partial charge in [-0.3, -0.25) is 0 Å². The molecule has 3 aromatic rings. The van der Waals surface area contributed by atoms with Crippen LogP contribution in [0.15, 0.2) is 18.2 Å². The average molecular weight is 380 g/mol. The Hall–Kier alpha value is -2.60. The fourth-order valence-corrected chi connectivity index (χ4v) is 4.00. The summed E-state index contributed by atoms with van der Waals surface area (Å²) in [6, 6.07) is 6.49. The molecule has 0 spiro atoms. The van der Waals surface area contributed by atoms with Gasteiger partial charge >= 0.3 is 0 Å². The van der Waals surface area contributed by atoms with Gasteiger partial charge in [-0.1, -0.05) is 19.4 Å².